The number of nitrogens with two attached hydrogens (primary N) is 1. The number of benzene rings is 2. The number of nitrogen functional groups attached to an aromatic ring is 1. The van der Waals surface area contributed by atoms with Gasteiger partial charge >= 0.3 is 0 Å². The van der Waals surface area contributed by atoms with Crippen LogP contribution < -0.4 is 10.5 Å². The summed E-state index contributed by atoms with van der Waals surface area (Å²) in [6, 6.07) is 17.7. The number of hydrogen-bond donors (Lipinski definition) is 1. The highest BCUT2D eigenvalue weighted by atomic mass is 16.5. The minimum atomic E-state index is -0.0308. The molecule has 1 aromatic heterocycles. The summed E-state index contributed by atoms with van der Waals surface area (Å²) in [5.41, 5.74) is 8.49. The van der Waals surface area contributed by atoms with Crippen molar-refractivity contribution in [3.63, 3.8) is 0 Å². The lowest BCUT2D eigenvalue weighted by molar-refractivity contribution is 0.227. The normalized spacial score (nSPS) is 12.2. The predicted octanol–water partition coefficient (Wildman–Crippen LogP) is 3.96. The molecule has 3 nitrogen and oxygen atoms in total. The van der Waals surface area contributed by atoms with Crippen LogP contribution >= 0.6 is 0 Å². The monoisotopic (exact) mass is 264 g/mol. The highest BCUT2D eigenvalue weighted by molar-refractivity contribution is 5.79. The van der Waals surface area contributed by atoms with Crippen LogP contribution in [0.1, 0.15) is 18.6 Å². The summed E-state index contributed by atoms with van der Waals surface area (Å²) < 4.78 is 5.97. The topological polar surface area (TPSA) is 48.1 Å². The molecular weight excluding hydrogens is 248 g/mol. The Morgan fingerprint density at radius 3 is 2.65 bits per heavy atom. The van der Waals surface area contributed by atoms with E-state index in [2.05, 4.69) is 4.98 Å². The maximum absolute atomic E-state index is 5.97. The first kappa shape index (κ1) is 12.5. The van der Waals surface area contributed by atoms with Crippen molar-refractivity contribution in [3.8, 4) is 5.75 Å². The second-order valence-corrected chi connectivity index (χ2v) is 4.78. The second kappa shape index (κ2) is 5.21. The van der Waals surface area contributed by atoms with Gasteiger partial charge in [0.1, 0.15) is 11.9 Å². The first-order valence-corrected chi connectivity index (χ1v) is 6.59. The molecule has 0 amide bonds. The van der Waals surface area contributed by atoms with Crippen molar-refractivity contribution in [1.29, 1.82) is 0 Å². The van der Waals surface area contributed by atoms with E-state index in [4.69, 9.17) is 10.5 Å². The zero-order valence-electron chi connectivity index (χ0n) is 11.3. The molecule has 0 radical (unpaired) electrons. The summed E-state index contributed by atoms with van der Waals surface area (Å²) in [7, 11) is 0. The number of anilines is 1. The fraction of sp³-hybridized carbons (Fsp3) is 0.118. The zero-order chi connectivity index (χ0) is 13.9. The Kier molecular flexibility index (Phi) is 3.25. The van der Waals surface area contributed by atoms with E-state index in [-0.39, 0.29) is 6.10 Å². The molecule has 0 saturated carbocycles. The van der Waals surface area contributed by atoms with Gasteiger partial charge in [-0.1, -0.05) is 18.2 Å². The van der Waals surface area contributed by atoms with Gasteiger partial charge in [0.25, 0.3) is 0 Å². The van der Waals surface area contributed by atoms with Crippen LogP contribution in [0.2, 0.25) is 0 Å². The van der Waals surface area contributed by atoms with Crippen LogP contribution in [0, 0.1) is 0 Å². The largest absolute Gasteiger partial charge is 0.486 e. The summed E-state index contributed by atoms with van der Waals surface area (Å²) in [5, 5.41) is 1.11. The molecule has 2 N–H and O–H groups in total. The summed E-state index contributed by atoms with van der Waals surface area (Å²) in [6.45, 7) is 2.02. The second-order valence-electron chi connectivity index (χ2n) is 4.78. The summed E-state index contributed by atoms with van der Waals surface area (Å²) in [5.74, 6) is 0.820. The van der Waals surface area contributed by atoms with E-state index < -0.39 is 0 Å². The highest BCUT2D eigenvalue weighted by Crippen LogP contribution is 2.25. The van der Waals surface area contributed by atoms with Crippen molar-refractivity contribution in [2.24, 2.45) is 0 Å². The standard InChI is InChI=1S/C17H16N2O/c1-12(13-4-7-15(18)8-5-13)20-16-9-6-14-3-2-10-19-17(14)11-16/h2-12H,18H2,1H3. The van der Waals surface area contributed by atoms with Gasteiger partial charge in [-0.15, -0.1) is 0 Å². The number of fused-ring (bicyclic) bond motifs is 1. The predicted molar refractivity (Wildman–Crippen MR) is 81.6 cm³/mol. The molecule has 0 aliphatic rings. The van der Waals surface area contributed by atoms with Gasteiger partial charge in [0, 0.05) is 23.3 Å². The number of nitrogens with zero attached hydrogens (tertiary/aromatic N) is 1. The fourth-order valence-electron chi connectivity index (χ4n) is 2.16. The number of aromatic nitrogens is 1. The van der Waals surface area contributed by atoms with E-state index in [9.17, 15) is 0 Å². The molecule has 0 bridgehead atoms. The Bertz CT molecular complexity index is 722. The van der Waals surface area contributed by atoms with Crippen LogP contribution in [0.5, 0.6) is 5.75 Å². The Labute approximate surface area is 118 Å². The molecule has 0 aliphatic heterocycles. The molecule has 1 atom stereocenters. The van der Waals surface area contributed by atoms with Crippen molar-refractivity contribution in [2.45, 2.75) is 13.0 Å². The van der Waals surface area contributed by atoms with E-state index in [0.717, 1.165) is 27.9 Å². The maximum Gasteiger partial charge on any atom is 0.122 e. The molecule has 100 valence electrons. The minimum absolute atomic E-state index is 0.0308. The smallest absolute Gasteiger partial charge is 0.122 e. The van der Waals surface area contributed by atoms with E-state index in [1.54, 1.807) is 6.20 Å². The van der Waals surface area contributed by atoms with Gasteiger partial charge in [0.2, 0.25) is 0 Å². The van der Waals surface area contributed by atoms with Crippen molar-refractivity contribution in [1.82, 2.24) is 4.98 Å². The fourth-order valence-corrected chi connectivity index (χ4v) is 2.16. The average Bonchev–Trinajstić information content (AvgIpc) is 2.48. The lowest BCUT2D eigenvalue weighted by Crippen LogP contribution is -2.03. The molecule has 0 spiro atoms. The summed E-state index contributed by atoms with van der Waals surface area (Å²) in [4.78, 5) is 4.34. The van der Waals surface area contributed by atoms with Gasteiger partial charge in [-0.05, 0) is 42.8 Å². The number of pyridine rings is 1. The van der Waals surface area contributed by atoms with Gasteiger partial charge in [0.15, 0.2) is 0 Å². The molecule has 1 unspecified atom stereocenters. The quantitative estimate of drug-likeness (QED) is 0.728. The molecular formula is C17H16N2O. The molecule has 0 saturated heterocycles. The molecule has 0 fully saturated rings. The molecule has 20 heavy (non-hydrogen) atoms. The Balaban J connectivity index is 1.83. The van der Waals surface area contributed by atoms with Gasteiger partial charge in [-0.2, -0.15) is 0 Å². The lowest BCUT2D eigenvalue weighted by atomic mass is 10.1. The Morgan fingerprint density at radius 2 is 1.85 bits per heavy atom. The average molecular weight is 264 g/mol. The van der Waals surface area contributed by atoms with Crippen LogP contribution in [-0.4, -0.2) is 4.98 Å². The minimum Gasteiger partial charge on any atom is -0.486 e. The van der Waals surface area contributed by atoms with Crippen molar-refractivity contribution in [2.75, 3.05) is 5.73 Å². The zero-order valence-corrected chi connectivity index (χ0v) is 11.3. The Hall–Kier alpha value is -2.55. The lowest BCUT2D eigenvalue weighted by Gasteiger charge is -2.15. The molecule has 1 heterocycles. The maximum atomic E-state index is 5.97. The van der Waals surface area contributed by atoms with Crippen LogP contribution in [0.15, 0.2) is 60.8 Å². The van der Waals surface area contributed by atoms with E-state index >= 15 is 0 Å². The third-order valence-corrected chi connectivity index (χ3v) is 3.30. The van der Waals surface area contributed by atoms with Crippen LogP contribution in [0.25, 0.3) is 10.9 Å². The van der Waals surface area contributed by atoms with Gasteiger partial charge < -0.3 is 10.5 Å². The van der Waals surface area contributed by atoms with Crippen molar-refractivity contribution >= 4 is 16.6 Å². The van der Waals surface area contributed by atoms with Crippen LogP contribution in [0.4, 0.5) is 5.69 Å². The number of ether oxygens (including phenoxy) is 1. The third kappa shape index (κ3) is 2.57. The molecule has 0 aliphatic carbocycles. The first-order valence-electron chi connectivity index (χ1n) is 6.59. The van der Waals surface area contributed by atoms with Crippen molar-refractivity contribution in [3.05, 3.63) is 66.4 Å². The molecule has 3 aromatic rings. The Morgan fingerprint density at radius 1 is 1.05 bits per heavy atom. The van der Waals surface area contributed by atoms with Gasteiger partial charge in [-0.25, -0.2) is 0 Å². The van der Waals surface area contributed by atoms with Gasteiger partial charge in [0.05, 0.1) is 5.52 Å². The first-order chi connectivity index (χ1) is 9.72. The molecule has 2 aromatic carbocycles. The number of hydrogen-bond acceptors (Lipinski definition) is 3. The SMILES string of the molecule is CC(Oc1ccc2cccnc2c1)c1ccc(N)cc1. The van der Waals surface area contributed by atoms with Crippen molar-refractivity contribution < 1.29 is 4.74 Å². The van der Waals surface area contributed by atoms with Crippen LogP contribution in [0.3, 0.4) is 0 Å². The molecule has 3 heteroatoms. The highest BCUT2D eigenvalue weighted by Gasteiger charge is 2.07. The van der Waals surface area contributed by atoms with E-state index in [0.29, 0.717) is 0 Å². The van der Waals surface area contributed by atoms with Crippen LogP contribution in [-0.2, 0) is 0 Å². The molecule has 3 rings (SSSR count). The van der Waals surface area contributed by atoms with E-state index in [1.165, 1.54) is 0 Å². The van der Waals surface area contributed by atoms with Gasteiger partial charge in [-0.3, -0.25) is 4.98 Å². The third-order valence-electron chi connectivity index (χ3n) is 3.30. The number of rotatable bonds is 3. The summed E-state index contributed by atoms with van der Waals surface area (Å²) in [6.07, 6.45) is 1.76. The van der Waals surface area contributed by atoms with E-state index in [1.807, 2.05) is 61.5 Å². The summed E-state index contributed by atoms with van der Waals surface area (Å²) >= 11 is 0.